The van der Waals surface area contributed by atoms with Gasteiger partial charge in [-0.15, -0.1) is 0 Å². The predicted octanol–water partition coefficient (Wildman–Crippen LogP) is 8.00. The SMILES string of the molecule is O=C(I)CCCCCOc1cc2c(c(Cl)c1Cl)C(=O)C(CCC1CC1)(C1CCCC1)C2. The minimum atomic E-state index is -0.293. The van der Waals surface area contributed by atoms with Crippen LogP contribution in [0, 0.1) is 17.3 Å². The number of benzene rings is 1. The van der Waals surface area contributed by atoms with Crippen molar-refractivity contribution in [2.45, 2.75) is 83.5 Å². The number of carbonyl (C=O) groups is 2. The highest BCUT2D eigenvalue weighted by atomic mass is 127. The first-order valence-corrected chi connectivity index (χ1v) is 13.6. The third kappa shape index (κ3) is 5.27. The van der Waals surface area contributed by atoms with Gasteiger partial charge in [-0.1, -0.05) is 48.9 Å². The third-order valence-electron chi connectivity index (χ3n) is 7.55. The van der Waals surface area contributed by atoms with E-state index in [1.54, 1.807) is 0 Å². The van der Waals surface area contributed by atoms with Crippen LogP contribution in [0.4, 0.5) is 0 Å². The Hall–Kier alpha value is -0.330. The Bertz CT molecular complexity index is 846. The molecule has 3 nitrogen and oxygen atoms in total. The minimum absolute atomic E-state index is 0.198. The van der Waals surface area contributed by atoms with E-state index in [9.17, 15) is 9.59 Å². The van der Waals surface area contributed by atoms with E-state index in [1.165, 1.54) is 25.7 Å². The number of rotatable bonds is 11. The molecule has 6 heteroatoms. The first-order chi connectivity index (χ1) is 14.9. The van der Waals surface area contributed by atoms with E-state index in [0.717, 1.165) is 62.8 Å². The molecular weight excluding hydrogens is 546 g/mol. The van der Waals surface area contributed by atoms with Gasteiger partial charge >= 0.3 is 0 Å². The molecule has 0 aliphatic heterocycles. The number of unbranched alkanes of at least 4 members (excludes halogenated alkanes) is 2. The second-order valence-electron chi connectivity index (χ2n) is 9.68. The van der Waals surface area contributed by atoms with Crippen molar-refractivity contribution in [3.63, 3.8) is 0 Å². The van der Waals surface area contributed by atoms with Gasteiger partial charge in [-0.2, -0.15) is 0 Å². The number of ketones is 1. The fourth-order valence-electron chi connectivity index (χ4n) is 5.62. The van der Waals surface area contributed by atoms with Gasteiger partial charge < -0.3 is 4.74 Å². The molecule has 1 aromatic carbocycles. The molecule has 0 heterocycles. The molecule has 0 amide bonds. The molecule has 0 saturated heterocycles. The lowest BCUT2D eigenvalue weighted by molar-refractivity contribution is -0.109. The zero-order valence-electron chi connectivity index (χ0n) is 18.0. The van der Waals surface area contributed by atoms with Crippen molar-refractivity contribution >= 4 is 55.4 Å². The van der Waals surface area contributed by atoms with Gasteiger partial charge in [0.1, 0.15) is 10.8 Å². The second kappa shape index (κ2) is 10.3. The molecule has 1 aromatic rings. The molecule has 0 N–H and O–H groups in total. The van der Waals surface area contributed by atoms with Crippen LogP contribution in [0.15, 0.2) is 6.07 Å². The largest absolute Gasteiger partial charge is 0.492 e. The van der Waals surface area contributed by atoms with Crippen LogP contribution in [0.1, 0.15) is 93.0 Å². The van der Waals surface area contributed by atoms with Crippen LogP contribution in [0.3, 0.4) is 0 Å². The normalized spacial score (nSPS) is 23.4. The fraction of sp³-hybridized carbons (Fsp3) is 0.680. The van der Waals surface area contributed by atoms with Crippen LogP contribution in [0.5, 0.6) is 5.75 Å². The lowest BCUT2D eigenvalue weighted by atomic mass is 9.68. The number of hydrogen-bond acceptors (Lipinski definition) is 3. The van der Waals surface area contributed by atoms with Crippen LogP contribution < -0.4 is 4.74 Å². The summed E-state index contributed by atoms with van der Waals surface area (Å²) < 4.78 is 6.17. The lowest BCUT2D eigenvalue weighted by Crippen LogP contribution is -2.35. The molecule has 1 atom stereocenters. The average molecular weight is 577 g/mol. The maximum atomic E-state index is 13.8. The Balaban J connectivity index is 1.49. The Labute approximate surface area is 209 Å². The highest BCUT2D eigenvalue weighted by Gasteiger charge is 2.52. The second-order valence-corrected chi connectivity index (χ2v) is 11.6. The molecule has 31 heavy (non-hydrogen) atoms. The van der Waals surface area contributed by atoms with E-state index in [2.05, 4.69) is 0 Å². The summed E-state index contributed by atoms with van der Waals surface area (Å²) in [7, 11) is 0. The van der Waals surface area contributed by atoms with Crippen molar-refractivity contribution in [2.24, 2.45) is 17.3 Å². The summed E-state index contributed by atoms with van der Waals surface area (Å²) in [5.41, 5.74) is 1.38. The lowest BCUT2D eigenvalue weighted by Gasteiger charge is -2.34. The number of hydrogen-bond donors (Lipinski definition) is 0. The van der Waals surface area contributed by atoms with Crippen molar-refractivity contribution in [1.82, 2.24) is 0 Å². The summed E-state index contributed by atoms with van der Waals surface area (Å²) in [5, 5.41) is 0.738. The topological polar surface area (TPSA) is 43.4 Å². The number of fused-ring (bicyclic) bond motifs is 1. The molecule has 0 bridgehead atoms. The van der Waals surface area contributed by atoms with Gasteiger partial charge in [-0.3, -0.25) is 9.59 Å². The summed E-state index contributed by atoms with van der Waals surface area (Å²) in [6, 6.07) is 1.98. The maximum absolute atomic E-state index is 13.8. The van der Waals surface area contributed by atoms with Crippen molar-refractivity contribution in [2.75, 3.05) is 6.61 Å². The van der Waals surface area contributed by atoms with E-state index in [0.29, 0.717) is 40.3 Å². The standard InChI is InChI=1S/C25H31Cl2IO3/c26-22-19(31-13-5-1-2-8-20(28)29)14-17-15-25(12-11-16-9-10-16,18-6-3-4-7-18)24(30)21(17)23(22)27/h14,16,18H,1-13,15H2. The van der Waals surface area contributed by atoms with Gasteiger partial charge in [0.15, 0.2) is 9.57 Å². The number of halogens is 3. The summed E-state index contributed by atoms with van der Waals surface area (Å²) in [5.74, 6) is 2.10. The van der Waals surface area contributed by atoms with E-state index in [4.69, 9.17) is 27.9 Å². The van der Waals surface area contributed by atoms with Gasteiger partial charge in [-0.25, -0.2) is 0 Å². The highest BCUT2D eigenvalue weighted by molar-refractivity contribution is 14.1. The van der Waals surface area contributed by atoms with E-state index >= 15 is 0 Å². The molecule has 2 fully saturated rings. The van der Waals surface area contributed by atoms with Crippen LogP contribution in [0.2, 0.25) is 10.0 Å². The van der Waals surface area contributed by atoms with Crippen LogP contribution in [-0.2, 0) is 11.2 Å². The Morgan fingerprint density at radius 1 is 1.10 bits per heavy atom. The monoisotopic (exact) mass is 576 g/mol. The maximum Gasteiger partial charge on any atom is 0.192 e. The van der Waals surface area contributed by atoms with Crippen LogP contribution in [-0.4, -0.2) is 16.2 Å². The van der Waals surface area contributed by atoms with Gasteiger partial charge in [0.05, 0.1) is 11.6 Å². The molecule has 4 rings (SSSR count). The Morgan fingerprint density at radius 2 is 1.84 bits per heavy atom. The molecule has 0 aromatic heterocycles. The minimum Gasteiger partial charge on any atom is -0.492 e. The molecule has 1 unspecified atom stereocenters. The fourth-order valence-corrected chi connectivity index (χ4v) is 6.50. The average Bonchev–Trinajstić information content (AvgIpc) is 3.31. The zero-order valence-corrected chi connectivity index (χ0v) is 21.7. The molecular formula is C25H31Cl2IO3. The molecule has 170 valence electrons. The smallest absolute Gasteiger partial charge is 0.192 e. The summed E-state index contributed by atoms with van der Waals surface area (Å²) >= 11 is 15.1. The highest BCUT2D eigenvalue weighted by Crippen LogP contribution is 2.55. The third-order valence-corrected chi connectivity index (χ3v) is 8.94. The van der Waals surface area contributed by atoms with Gasteiger partial charge in [-0.05, 0) is 97.4 Å². The number of Topliss-reactive ketones (excluding diaryl/α,β-unsaturated/α-hetero) is 1. The summed E-state index contributed by atoms with van der Waals surface area (Å²) in [6.45, 7) is 0.535. The predicted molar refractivity (Wildman–Crippen MR) is 134 cm³/mol. The zero-order chi connectivity index (χ0) is 22.0. The molecule has 3 aliphatic rings. The molecule has 0 spiro atoms. The summed E-state index contributed by atoms with van der Waals surface area (Å²) in [4.78, 5) is 24.8. The molecule has 0 radical (unpaired) electrons. The van der Waals surface area contributed by atoms with E-state index in [-0.39, 0.29) is 15.0 Å². The molecule has 3 aliphatic carbocycles. The number of ether oxygens (including phenoxy) is 1. The van der Waals surface area contributed by atoms with E-state index < -0.39 is 0 Å². The van der Waals surface area contributed by atoms with E-state index in [1.807, 2.05) is 28.7 Å². The first kappa shape index (κ1) is 23.8. The van der Waals surface area contributed by atoms with Gasteiger partial charge in [0.2, 0.25) is 0 Å². The first-order valence-electron chi connectivity index (χ1n) is 11.8. The van der Waals surface area contributed by atoms with Crippen molar-refractivity contribution in [1.29, 1.82) is 0 Å². The quantitative estimate of drug-likeness (QED) is 0.152. The van der Waals surface area contributed by atoms with Crippen LogP contribution >= 0.6 is 45.8 Å². The van der Waals surface area contributed by atoms with Gasteiger partial charge in [0, 0.05) is 17.4 Å². The Morgan fingerprint density at radius 3 is 2.52 bits per heavy atom. The van der Waals surface area contributed by atoms with Crippen molar-refractivity contribution in [3.8, 4) is 5.75 Å². The van der Waals surface area contributed by atoms with Crippen molar-refractivity contribution in [3.05, 3.63) is 27.2 Å². The van der Waals surface area contributed by atoms with Crippen LogP contribution in [0.25, 0.3) is 0 Å². The summed E-state index contributed by atoms with van der Waals surface area (Å²) in [6.07, 6.45) is 13.6. The molecule has 2 saturated carbocycles. The Kier molecular flexibility index (Phi) is 7.91. The number of carbonyl (C=O) groups excluding carboxylic acids is 2. The van der Waals surface area contributed by atoms with Gasteiger partial charge in [0.25, 0.3) is 0 Å². The van der Waals surface area contributed by atoms with Crippen molar-refractivity contribution < 1.29 is 14.3 Å².